The Kier molecular flexibility index (Phi) is 6.04. The summed E-state index contributed by atoms with van der Waals surface area (Å²) < 4.78 is 0. The van der Waals surface area contributed by atoms with E-state index in [1.165, 1.54) is 4.90 Å². The summed E-state index contributed by atoms with van der Waals surface area (Å²) in [5.41, 5.74) is 0. The molecule has 1 rings (SSSR count). The monoisotopic (exact) mass is 258 g/mol. The van der Waals surface area contributed by atoms with Crippen LogP contribution >= 0.6 is 11.8 Å². The summed E-state index contributed by atoms with van der Waals surface area (Å²) in [5, 5.41) is 2.45. The third kappa shape index (κ3) is 4.77. The lowest BCUT2D eigenvalue weighted by atomic mass is 10.1. The molecule has 0 aromatic heterocycles. The molecule has 1 fully saturated rings. The lowest BCUT2D eigenvalue weighted by Crippen LogP contribution is -2.29. The largest absolute Gasteiger partial charge is 0.359 e. The van der Waals surface area contributed by atoms with E-state index in [2.05, 4.69) is 5.32 Å². The first-order chi connectivity index (χ1) is 8.15. The number of carbonyl (C=O) groups excluding carboxylic acids is 3. The number of hydrogen-bond donors (Lipinski definition) is 1. The zero-order valence-electron chi connectivity index (χ0n) is 10.0. The van der Waals surface area contributed by atoms with Crippen molar-refractivity contribution in [2.24, 2.45) is 0 Å². The Morgan fingerprint density at radius 2 is 2.00 bits per heavy atom. The molecule has 1 saturated heterocycles. The van der Waals surface area contributed by atoms with Crippen LogP contribution in [0.4, 0.5) is 4.79 Å². The summed E-state index contributed by atoms with van der Waals surface area (Å²) in [7, 11) is 1.63. The highest BCUT2D eigenvalue weighted by molar-refractivity contribution is 8.14. The summed E-state index contributed by atoms with van der Waals surface area (Å²) in [6.45, 7) is 0.518. The predicted octanol–water partition coefficient (Wildman–Crippen LogP) is 1.38. The van der Waals surface area contributed by atoms with E-state index in [0.717, 1.165) is 37.4 Å². The molecule has 1 aliphatic heterocycles. The van der Waals surface area contributed by atoms with E-state index < -0.39 is 0 Å². The first-order valence-corrected chi connectivity index (χ1v) is 6.81. The van der Waals surface area contributed by atoms with Gasteiger partial charge in [0.25, 0.3) is 5.24 Å². The minimum absolute atomic E-state index is 0.0614. The van der Waals surface area contributed by atoms with Crippen LogP contribution in [0.5, 0.6) is 0 Å². The first kappa shape index (κ1) is 14.0. The molecule has 0 radical (unpaired) electrons. The van der Waals surface area contributed by atoms with Gasteiger partial charge in [0.2, 0.25) is 11.8 Å². The molecule has 17 heavy (non-hydrogen) atoms. The van der Waals surface area contributed by atoms with Gasteiger partial charge in [-0.15, -0.1) is 0 Å². The maximum Gasteiger partial charge on any atom is 0.288 e. The van der Waals surface area contributed by atoms with E-state index >= 15 is 0 Å². The standard InChI is InChI=1S/C11H18N2O3S/c1-12-9(14)6-4-2-3-5-7-13-10(15)8-17-11(13)16/h2-8H2,1H3,(H,12,14). The number of thioether (sulfide) groups is 1. The van der Waals surface area contributed by atoms with Gasteiger partial charge in [-0.05, 0) is 12.8 Å². The van der Waals surface area contributed by atoms with Crippen molar-refractivity contribution in [3.05, 3.63) is 0 Å². The van der Waals surface area contributed by atoms with Gasteiger partial charge in [0, 0.05) is 20.0 Å². The molecule has 0 spiro atoms. The number of nitrogens with one attached hydrogen (secondary N) is 1. The highest BCUT2D eigenvalue weighted by Gasteiger charge is 2.28. The lowest BCUT2D eigenvalue weighted by molar-refractivity contribution is -0.124. The van der Waals surface area contributed by atoms with Gasteiger partial charge in [-0.25, -0.2) is 0 Å². The van der Waals surface area contributed by atoms with Crippen LogP contribution in [0, 0.1) is 0 Å². The second kappa shape index (κ2) is 7.32. The quantitative estimate of drug-likeness (QED) is 0.701. The van der Waals surface area contributed by atoms with E-state index in [0.29, 0.717) is 13.0 Å². The summed E-state index contributed by atoms with van der Waals surface area (Å²) in [5.74, 6) is 0.270. The van der Waals surface area contributed by atoms with Gasteiger partial charge < -0.3 is 5.32 Å². The fraction of sp³-hybridized carbons (Fsp3) is 0.727. The van der Waals surface area contributed by atoms with Gasteiger partial charge in [-0.1, -0.05) is 24.6 Å². The Labute approximate surface area is 105 Å². The Bertz CT molecular complexity index is 291. The Balaban J connectivity index is 2.02. The van der Waals surface area contributed by atoms with E-state index in [1.54, 1.807) is 7.05 Å². The molecule has 0 aromatic rings. The van der Waals surface area contributed by atoms with Gasteiger partial charge in [0.05, 0.1) is 5.75 Å². The van der Waals surface area contributed by atoms with Crippen molar-refractivity contribution in [2.45, 2.75) is 32.1 Å². The van der Waals surface area contributed by atoms with Gasteiger partial charge in [0.1, 0.15) is 0 Å². The predicted molar refractivity (Wildman–Crippen MR) is 66.7 cm³/mol. The minimum atomic E-state index is -0.125. The van der Waals surface area contributed by atoms with Crippen LogP contribution in [0.3, 0.4) is 0 Å². The lowest BCUT2D eigenvalue weighted by Gasteiger charge is -2.11. The van der Waals surface area contributed by atoms with Crippen LogP contribution in [0.1, 0.15) is 32.1 Å². The van der Waals surface area contributed by atoms with Crippen molar-refractivity contribution < 1.29 is 14.4 Å². The summed E-state index contributed by atoms with van der Waals surface area (Å²) >= 11 is 1.07. The molecule has 1 heterocycles. The van der Waals surface area contributed by atoms with Crippen molar-refractivity contribution in [2.75, 3.05) is 19.3 Å². The number of hydrogen-bond acceptors (Lipinski definition) is 4. The summed E-state index contributed by atoms with van der Waals surface area (Å²) in [6, 6.07) is 0. The van der Waals surface area contributed by atoms with Crippen molar-refractivity contribution in [3.8, 4) is 0 Å². The van der Waals surface area contributed by atoms with Crippen LogP contribution in [0.15, 0.2) is 0 Å². The van der Waals surface area contributed by atoms with E-state index in [9.17, 15) is 14.4 Å². The zero-order chi connectivity index (χ0) is 12.7. The fourth-order valence-electron chi connectivity index (χ4n) is 1.63. The maximum absolute atomic E-state index is 11.3. The summed E-state index contributed by atoms with van der Waals surface area (Å²) in [4.78, 5) is 34.8. The van der Waals surface area contributed by atoms with Gasteiger partial charge in [-0.2, -0.15) is 0 Å². The van der Waals surface area contributed by atoms with Crippen LogP contribution in [-0.2, 0) is 9.59 Å². The molecule has 1 aliphatic rings. The zero-order valence-corrected chi connectivity index (χ0v) is 10.8. The van der Waals surface area contributed by atoms with Crippen LogP contribution in [-0.4, -0.2) is 41.3 Å². The molecule has 1 N–H and O–H groups in total. The molecule has 96 valence electrons. The smallest absolute Gasteiger partial charge is 0.288 e. The topological polar surface area (TPSA) is 66.5 Å². The average Bonchev–Trinajstić information content (AvgIpc) is 2.64. The summed E-state index contributed by atoms with van der Waals surface area (Å²) in [6.07, 6.45) is 4.13. The highest BCUT2D eigenvalue weighted by atomic mass is 32.2. The molecule has 3 amide bonds. The molecule has 0 aromatic carbocycles. The number of imide groups is 1. The number of rotatable bonds is 7. The van der Waals surface area contributed by atoms with Crippen molar-refractivity contribution in [3.63, 3.8) is 0 Å². The Hall–Kier alpha value is -1.04. The molecular formula is C11H18N2O3S. The first-order valence-electron chi connectivity index (χ1n) is 5.83. The van der Waals surface area contributed by atoms with Gasteiger partial charge in [-0.3, -0.25) is 19.3 Å². The van der Waals surface area contributed by atoms with E-state index in [4.69, 9.17) is 0 Å². The normalized spacial score (nSPS) is 15.5. The number of carbonyl (C=O) groups is 3. The molecule has 5 nitrogen and oxygen atoms in total. The van der Waals surface area contributed by atoms with Crippen molar-refractivity contribution >= 4 is 28.8 Å². The molecule has 0 unspecified atom stereocenters. The molecule has 0 atom stereocenters. The second-order valence-electron chi connectivity index (χ2n) is 3.94. The number of unbranched alkanes of at least 4 members (excludes halogenated alkanes) is 3. The van der Waals surface area contributed by atoms with Crippen LogP contribution in [0.2, 0.25) is 0 Å². The van der Waals surface area contributed by atoms with E-state index in [-0.39, 0.29) is 22.8 Å². The Morgan fingerprint density at radius 3 is 2.59 bits per heavy atom. The third-order valence-electron chi connectivity index (χ3n) is 2.65. The SMILES string of the molecule is CNC(=O)CCCCCCN1C(=O)CSC1=O. The highest BCUT2D eigenvalue weighted by Crippen LogP contribution is 2.19. The number of amides is 3. The molecule has 0 aliphatic carbocycles. The third-order valence-corrected chi connectivity index (χ3v) is 3.51. The molecule has 0 bridgehead atoms. The van der Waals surface area contributed by atoms with E-state index in [1.807, 2.05) is 0 Å². The minimum Gasteiger partial charge on any atom is -0.359 e. The Morgan fingerprint density at radius 1 is 1.29 bits per heavy atom. The van der Waals surface area contributed by atoms with Crippen molar-refractivity contribution in [1.82, 2.24) is 10.2 Å². The fourth-order valence-corrected chi connectivity index (χ4v) is 2.38. The average molecular weight is 258 g/mol. The van der Waals surface area contributed by atoms with Gasteiger partial charge >= 0.3 is 0 Å². The van der Waals surface area contributed by atoms with Gasteiger partial charge in [0.15, 0.2) is 0 Å². The van der Waals surface area contributed by atoms with Crippen LogP contribution in [0.25, 0.3) is 0 Å². The van der Waals surface area contributed by atoms with Crippen LogP contribution < -0.4 is 5.32 Å². The maximum atomic E-state index is 11.3. The second-order valence-corrected chi connectivity index (χ2v) is 4.86. The molecule has 6 heteroatoms. The molecule has 0 saturated carbocycles. The molecular weight excluding hydrogens is 240 g/mol. The van der Waals surface area contributed by atoms with Crippen molar-refractivity contribution in [1.29, 1.82) is 0 Å². The number of nitrogens with zero attached hydrogens (tertiary/aromatic N) is 1.